The van der Waals surface area contributed by atoms with Crippen LogP contribution in [0.3, 0.4) is 0 Å². The highest BCUT2D eigenvalue weighted by molar-refractivity contribution is 6.31. The molecule has 3 nitrogen and oxygen atoms in total. The predicted octanol–water partition coefficient (Wildman–Crippen LogP) is 2.60. The third-order valence-electron chi connectivity index (χ3n) is 2.85. The van der Waals surface area contributed by atoms with Gasteiger partial charge in [0.15, 0.2) is 5.82 Å². The molecule has 0 bridgehead atoms. The van der Waals surface area contributed by atoms with E-state index in [1.165, 1.54) is 13.2 Å². The van der Waals surface area contributed by atoms with Gasteiger partial charge in [-0.2, -0.15) is 0 Å². The molecule has 1 aliphatic rings. The van der Waals surface area contributed by atoms with Gasteiger partial charge in [0, 0.05) is 25.8 Å². The highest BCUT2D eigenvalue weighted by Gasteiger charge is 2.22. The van der Waals surface area contributed by atoms with E-state index in [2.05, 4.69) is 0 Å². The largest absolute Gasteiger partial charge is 0.380 e. The second-order valence-corrected chi connectivity index (χ2v) is 4.41. The van der Waals surface area contributed by atoms with Crippen molar-refractivity contribution >= 4 is 17.3 Å². The number of benzene rings is 1. The van der Waals surface area contributed by atoms with Crippen molar-refractivity contribution in [3.05, 3.63) is 28.3 Å². The van der Waals surface area contributed by atoms with Crippen LogP contribution in [0, 0.1) is 11.6 Å². The number of rotatable bonds is 3. The number of anilines is 1. The van der Waals surface area contributed by atoms with Gasteiger partial charge in [-0.3, -0.25) is 0 Å². The molecular formula is C12H14ClF2NO2. The van der Waals surface area contributed by atoms with Crippen LogP contribution in [0.5, 0.6) is 0 Å². The van der Waals surface area contributed by atoms with Gasteiger partial charge >= 0.3 is 0 Å². The summed E-state index contributed by atoms with van der Waals surface area (Å²) >= 11 is 5.68. The summed E-state index contributed by atoms with van der Waals surface area (Å²) in [6, 6.07) is 1.45. The molecule has 1 fully saturated rings. The summed E-state index contributed by atoms with van der Waals surface area (Å²) in [7, 11) is 1.45. The van der Waals surface area contributed by atoms with Gasteiger partial charge in [0.25, 0.3) is 0 Å². The summed E-state index contributed by atoms with van der Waals surface area (Å²) in [4.78, 5) is 1.79. The molecule has 0 amide bonds. The maximum Gasteiger partial charge on any atom is 0.168 e. The molecule has 0 unspecified atom stereocenters. The topological polar surface area (TPSA) is 21.7 Å². The first-order valence-corrected chi connectivity index (χ1v) is 6.01. The Morgan fingerprint density at radius 2 is 2.00 bits per heavy atom. The fourth-order valence-electron chi connectivity index (χ4n) is 1.94. The first-order chi connectivity index (χ1) is 8.65. The van der Waals surface area contributed by atoms with Crippen LogP contribution in [0.2, 0.25) is 5.02 Å². The summed E-state index contributed by atoms with van der Waals surface area (Å²) in [5, 5.41) is -0.481. The zero-order valence-electron chi connectivity index (χ0n) is 10.0. The summed E-state index contributed by atoms with van der Waals surface area (Å²) in [5.74, 6) is -1.48. The Morgan fingerprint density at radius 3 is 2.61 bits per heavy atom. The molecule has 0 atom stereocenters. The predicted molar refractivity (Wildman–Crippen MR) is 65.1 cm³/mol. The van der Waals surface area contributed by atoms with Crippen molar-refractivity contribution in [3.63, 3.8) is 0 Å². The van der Waals surface area contributed by atoms with Crippen LogP contribution in [0.4, 0.5) is 14.5 Å². The quantitative estimate of drug-likeness (QED) is 0.793. The monoisotopic (exact) mass is 277 g/mol. The van der Waals surface area contributed by atoms with Gasteiger partial charge < -0.3 is 14.4 Å². The van der Waals surface area contributed by atoms with E-state index >= 15 is 0 Å². The molecule has 0 saturated carbocycles. The lowest BCUT2D eigenvalue weighted by molar-refractivity contribution is 0.122. The van der Waals surface area contributed by atoms with Crippen LogP contribution in [-0.2, 0) is 16.1 Å². The zero-order valence-corrected chi connectivity index (χ0v) is 10.8. The van der Waals surface area contributed by atoms with Gasteiger partial charge in [-0.15, -0.1) is 0 Å². The molecule has 0 radical (unpaired) electrons. The summed E-state index contributed by atoms with van der Waals surface area (Å²) in [5.41, 5.74) is 0.558. The normalized spacial score (nSPS) is 16.1. The summed E-state index contributed by atoms with van der Waals surface area (Å²) in [6.45, 7) is 2.22. The highest BCUT2D eigenvalue weighted by Crippen LogP contribution is 2.31. The fraction of sp³-hybridized carbons (Fsp3) is 0.500. The minimum Gasteiger partial charge on any atom is -0.380 e. The van der Waals surface area contributed by atoms with E-state index in [4.69, 9.17) is 21.1 Å². The van der Waals surface area contributed by atoms with Crippen molar-refractivity contribution in [2.24, 2.45) is 0 Å². The standard InChI is InChI=1S/C12H14ClF2NO2/c1-17-7-8-6-9(12(15)10(13)11(8)14)16-2-4-18-5-3-16/h6H,2-5,7H2,1H3. The zero-order chi connectivity index (χ0) is 13.1. The molecule has 1 aliphatic heterocycles. The Morgan fingerprint density at radius 1 is 1.33 bits per heavy atom. The van der Waals surface area contributed by atoms with Crippen LogP contribution in [0.1, 0.15) is 5.56 Å². The van der Waals surface area contributed by atoms with Gasteiger partial charge in [-0.05, 0) is 6.07 Å². The Bertz CT molecular complexity index is 437. The number of methoxy groups -OCH3 is 1. The molecule has 1 aromatic rings. The van der Waals surface area contributed by atoms with E-state index in [1.807, 2.05) is 0 Å². The van der Waals surface area contributed by atoms with Gasteiger partial charge in [0.1, 0.15) is 10.8 Å². The van der Waals surface area contributed by atoms with Crippen LogP contribution in [0.15, 0.2) is 6.07 Å². The molecule has 6 heteroatoms. The van der Waals surface area contributed by atoms with E-state index in [1.54, 1.807) is 4.90 Å². The van der Waals surface area contributed by atoms with Crippen molar-refractivity contribution in [2.75, 3.05) is 38.3 Å². The average Bonchev–Trinajstić information content (AvgIpc) is 2.40. The van der Waals surface area contributed by atoms with Crippen LogP contribution in [0.25, 0.3) is 0 Å². The van der Waals surface area contributed by atoms with E-state index < -0.39 is 16.7 Å². The maximum atomic E-state index is 14.0. The molecule has 0 spiro atoms. The lowest BCUT2D eigenvalue weighted by atomic mass is 10.1. The van der Waals surface area contributed by atoms with E-state index in [-0.39, 0.29) is 12.2 Å². The van der Waals surface area contributed by atoms with Gasteiger partial charge in [-0.1, -0.05) is 11.6 Å². The number of ether oxygens (including phenoxy) is 2. The smallest absolute Gasteiger partial charge is 0.168 e. The van der Waals surface area contributed by atoms with Crippen molar-refractivity contribution in [2.45, 2.75) is 6.61 Å². The number of halogens is 3. The fourth-order valence-corrected chi connectivity index (χ4v) is 2.15. The minimum absolute atomic E-state index is 0.0587. The van der Waals surface area contributed by atoms with Crippen molar-refractivity contribution in [1.82, 2.24) is 0 Å². The second-order valence-electron chi connectivity index (χ2n) is 4.03. The lowest BCUT2D eigenvalue weighted by Gasteiger charge is -2.29. The number of nitrogens with zero attached hydrogens (tertiary/aromatic N) is 1. The Hall–Kier alpha value is -0.910. The Kier molecular flexibility index (Phi) is 4.37. The second kappa shape index (κ2) is 5.82. The molecular weight excluding hydrogens is 264 g/mol. The minimum atomic E-state index is -0.756. The number of morpholine rings is 1. The number of hydrogen-bond acceptors (Lipinski definition) is 3. The molecule has 2 rings (SSSR count). The van der Waals surface area contributed by atoms with E-state index in [0.29, 0.717) is 32.0 Å². The molecule has 1 heterocycles. The third kappa shape index (κ3) is 2.58. The average molecular weight is 278 g/mol. The number of hydrogen-bond donors (Lipinski definition) is 0. The van der Waals surface area contributed by atoms with Gasteiger partial charge in [0.05, 0.1) is 25.5 Å². The highest BCUT2D eigenvalue weighted by atomic mass is 35.5. The van der Waals surface area contributed by atoms with Crippen LogP contribution >= 0.6 is 11.6 Å². The molecule has 0 aliphatic carbocycles. The first-order valence-electron chi connectivity index (χ1n) is 5.63. The van der Waals surface area contributed by atoms with Gasteiger partial charge in [-0.25, -0.2) is 8.78 Å². The van der Waals surface area contributed by atoms with Crippen molar-refractivity contribution in [1.29, 1.82) is 0 Å². The third-order valence-corrected chi connectivity index (χ3v) is 3.19. The van der Waals surface area contributed by atoms with E-state index in [0.717, 1.165) is 0 Å². The lowest BCUT2D eigenvalue weighted by Crippen LogP contribution is -2.37. The van der Waals surface area contributed by atoms with E-state index in [9.17, 15) is 8.78 Å². The van der Waals surface area contributed by atoms with Crippen molar-refractivity contribution in [3.8, 4) is 0 Å². The molecule has 1 aromatic carbocycles. The van der Waals surface area contributed by atoms with Crippen LogP contribution < -0.4 is 4.90 Å². The molecule has 0 N–H and O–H groups in total. The summed E-state index contributed by atoms with van der Waals surface area (Å²) in [6.07, 6.45) is 0. The summed E-state index contributed by atoms with van der Waals surface area (Å²) < 4.78 is 37.8. The molecule has 0 aromatic heterocycles. The first kappa shape index (κ1) is 13.5. The molecule has 1 saturated heterocycles. The molecule has 100 valence electrons. The Labute approximate surface area is 109 Å². The van der Waals surface area contributed by atoms with Crippen LogP contribution in [-0.4, -0.2) is 33.4 Å². The Balaban J connectivity index is 2.39. The van der Waals surface area contributed by atoms with Gasteiger partial charge in [0.2, 0.25) is 0 Å². The maximum absolute atomic E-state index is 14.0. The SMILES string of the molecule is COCc1cc(N2CCOCC2)c(F)c(Cl)c1F. The molecule has 18 heavy (non-hydrogen) atoms. The van der Waals surface area contributed by atoms with Crippen molar-refractivity contribution < 1.29 is 18.3 Å².